The molecule has 0 aliphatic carbocycles. The molecule has 2 aromatic carbocycles. The van der Waals surface area contributed by atoms with Gasteiger partial charge in [-0.1, -0.05) is 48.5 Å². The van der Waals surface area contributed by atoms with E-state index in [0.29, 0.717) is 0 Å². The van der Waals surface area contributed by atoms with Gasteiger partial charge < -0.3 is 15.1 Å². The first-order valence-corrected chi connectivity index (χ1v) is 9.12. The predicted molar refractivity (Wildman–Crippen MR) is 103 cm³/mol. The number of aryl methyl sites for hydroxylation is 1. The van der Waals surface area contributed by atoms with Gasteiger partial charge >= 0.3 is 6.03 Å². The molecule has 1 aliphatic rings. The Morgan fingerprint density at radius 1 is 0.960 bits per heavy atom. The second kappa shape index (κ2) is 8.56. The predicted octanol–water partition coefficient (Wildman–Crippen LogP) is 3.54. The van der Waals surface area contributed by atoms with Gasteiger partial charge in [-0.2, -0.15) is 0 Å². The fourth-order valence-corrected chi connectivity index (χ4v) is 3.21. The van der Waals surface area contributed by atoms with E-state index in [-0.39, 0.29) is 12.1 Å². The molecule has 1 saturated heterocycles. The SMILES string of the molecule is CC(CCc1ccccc1)NC(=O)N1CCN(c2ccccc2)CC1. The minimum atomic E-state index is 0.0632. The number of rotatable bonds is 5. The summed E-state index contributed by atoms with van der Waals surface area (Å²) in [6.07, 6.45) is 1.95. The number of hydrogen-bond donors (Lipinski definition) is 1. The van der Waals surface area contributed by atoms with E-state index < -0.39 is 0 Å². The third-order valence-corrected chi connectivity index (χ3v) is 4.77. The van der Waals surface area contributed by atoms with Crippen molar-refractivity contribution in [1.29, 1.82) is 0 Å². The number of anilines is 1. The van der Waals surface area contributed by atoms with Crippen molar-refractivity contribution >= 4 is 11.7 Å². The maximum Gasteiger partial charge on any atom is 0.317 e. The summed E-state index contributed by atoms with van der Waals surface area (Å²) in [6, 6.07) is 21.1. The van der Waals surface area contributed by atoms with E-state index in [0.717, 1.165) is 39.0 Å². The highest BCUT2D eigenvalue weighted by Crippen LogP contribution is 2.15. The minimum absolute atomic E-state index is 0.0632. The molecule has 0 bridgehead atoms. The zero-order valence-electron chi connectivity index (χ0n) is 14.9. The lowest BCUT2D eigenvalue weighted by atomic mass is 10.1. The first-order valence-electron chi connectivity index (χ1n) is 9.12. The zero-order chi connectivity index (χ0) is 17.5. The average Bonchev–Trinajstić information content (AvgIpc) is 2.68. The van der Waals surface area contributed by atoms with E-state index in [9.17, 15) is 4.79 Å². The van der Waals surface area contributed by atoms with E-state index in [2.05, 4.69) is 65.7 Å². The number of hydrogen-bond acceptors (Lipinski definition) is 2. The molecule has 0 aromatic heterocycles. The lowest BCUT2D eigenvalue weighted by molar-refractivity contribution is 0.190. The quantitative estimate of drug-likeness (QED) is 0.906. The molecular weight excluding hydrogens is 310 g/mol. The molecule has 1 atom stereocenters. The van der Waals surface area contributed by atoms with Gasteiger partial charge in [0.2, 0.25) is 0 Å². The number of nitrogens with zero attached hydrogens (tertiary/aromatic N) is 2. The molecule has 4 heteroatoms. The van der Waals surface area contributed by atoms with Crippen LogP contribution in [0.3, 0.4) is 0 Å². The van der Waals surface area contributed by atoms with E-state index in [4.69, 9.17) is 0 Å². The lowest BCUT2D eigenvalue weighted by Crippen LogP contribution is -2.53. The van der Waals surface area contributed by atoms with Gasteiger partial charge in [-0.3, -0.25) is 0 Å². The van der Waals surface area contributed by atoms with Crippen molar-refractivity contribution in [3.8, 4) is 0 Å². The van der Waals surface area contributed by atoms with Crippen molar-refractivity contribution in [3.05, 3.63) is 66.2 Å². The zero-order valence-corrected chi connectivity index (χ0v) is 14.9. The first-order chi connectivity index (χ1) is 12.2. The number of benzene rings is 2. The summed E-state index contributed by atoms with van der Waals surface area (Å²) in [4.78, 5) is 16.7. The molecule has 1 heterocycles. The Balaban J connectivity index is 1.41. The number of nitrogens with one attached hydrogen (secondary N) is 1. The van der Waals surface area contributed by atoms with Crippen LogP contribution in [-0.2, 0) is 6.42 Å². The Bertz CT molecular complexity index is 651. The summed E-state index contributed by atoms with van der Waals surface area (Å²) < 4.78 is 0. The molecule has 0 radical (unpaired) electrons. The highest BCUT2D eigenvalue weighted by Gasteiger charge is 2.22. The van der Waals surface area contributed by atoms with E-state index in [1.807, 2.05) is 17.0 Å². The number of carbonyl (C=O) groups is 1. The molecule has 4 nitrogen and oxygen atoms in total. The second-order valence-corrected chi connectivity index (χ2v) is 6.68. The minimum Gasteiger partial charge on any atom is -0.368 e. The van der Waals surface area contributed by atoms with Gasteiger partial charge in [0.25, 0.3) is 0 Å². The van der Waals surface area contributed by atoms with Gasteiger partial charge in [0, 0.05) is 37.9 Å². The van der Waals surface area contributed by atoms with Crippen LogP contribution in [0.1, 0.15) is 18.9 Å². The second-order valence-electron chi connectivity index (χ2n) is 6.68. The normalized spacial score (nSPS) is 15.7. The van der Waals surface area contributed by atoms with Gasteiger partial charge in [0.1, 0.15) is 0 Å². The van der Waals surface area contributed by atoms with Crippen LogP contribution < -0.4 is 10.2 Å². The topological polar surface area (TPSA) is 35.6 Å². The largest absolute Gasteiger partial charge is 0.368 e. The first kappa shape index (κ1) is 17.3. The van der Waals surface area contributed by atoms with Crippen LogP contribution in [-0.4, -0.2) is 43.2 Å². The molecule has 2 aromatic rings. The van der Waals surface area contributed by atoms with Gasteiger partial charge in [0.15, 0.2) is 0 Å². The fourth-order valence-electron chi connectivity index (χ4n) is 3.21. The number of amides is 2. The Morgan fingerprint density at radius 3 is 2.20 bits per heavy atom. The molecular formula is C21H27N3O. The maximum atomic E-state index is 12.5. The van der Waals surface area contributed by atoms with Crippen LogP contribution >= 0.6 is 0 Å². The Hall–Kier alpha value is -2.49. The summed E-state index contributed by atoms with van der Waals surface area (Å²) in [6.45, 7) is 5.39. The van der Waals surface area contributed by atoms with Crippen molar-refractivity contribution in [1.82, 2.24) is 10.2 Å². The van der Waals surface area contributed by atoms with Crippen molar-refractivity contribution in [2.45, 2.75) is 25.8 Å². The van der Waals surface area contributed by atoms with Gasteiger partial charge in [0.05, 0.1) is 0 Å². The van der Waals surface area contributed by atoms with Gasteiger partial charge in [-0.05, 0) is 37.5 Å². The number of piperazine rings is 1. The Labute approximate surface area is 150 Å². The third-order valence-electron chi connectivity index (χ3n) is 4.77. The summed E-state index contributed by atoms with van der Waals surface area (Å²) in [5.41, 5.74) is 2.55. The maximum absolute atomic E-state index is 12.5. The molecule has 0 spiro atoms. The number of urea groups is 1. The van der Waals surface area contributed by atoms with E-state index in [1.54, 1.807) is 0 Å². The van der Waals surface area contributed by atoms with Crippen LogP contribution in [0, 0.1) is 0 Å². The molecule has 2 amide bonds. The lowest BCUT2D eigenvalue weighted by Gasteiger charge is -2.36. The van der Waals surface area contributed by atoms with Crippen molar-refractivity contribution < 1.29 is 4.79 Å². The monoisotopic (exact) mass is 337 g/mol. The highest BCUT2D eigenvalue weighted by molar-refractivity contribution is 5.74. The molecule has 0 saturated carbocycles. The standard InChI is InChI=1S/C21H27N3O/c1-18(12-13-19-8-4-2-5-9-19)22-21(25)24-16-14-23(15-17-24)20-10-6-3-7-11-20/h2-11,18H,12-17H2,1H3,(H,22,25). The van der Waals surface area contributed by atoms with Crippen molar-refractivity contribution in [2.24, 2.45) is 0 Å². The van der Waals surface area contributed by atoms with Crippen molar-refractivity contribution in [2.75, 3.05) is 31.1 Å². The average molecular weight is 337 g/mol. The molecule has 1 aliphatic heterocycles. The molecule has 132 valence electrons. The fraction of sp³-hybridized carbons (Fsp3) is 0.381. The molecule has 3 rings (SSSR count). The Morgan fingerprint density at radius 2 is 1.56 bits per heavy atom. The summed E-state index contributed by atoms with van der Waals surface area (Å²) in [7, 11) is 0. The third kappa shape index (κ3) is 4.99. The molecule has 1 N–H and O–H groups in total. The highest BCUT2D eigenvalue weighted by atomic mass is 16.2. The van der Waals surface area contributed by atoms with Gasteiger partial charge in [-0.15, -0.1) is 0 Å². The number of para-hydroxylation sites is 1. The summed E-state index contributed by atoms with van der Waals surface area (Å²) in [5, 5.41) is 3.14. The van der Waals surface area contributed by atoms with Crippen LogP contribution in [0.2, 0.25) is 0 Å². The van der Waals surface area contributed by atoms with Crippen LogP contribution in [0.5, 0.6) is 0 Å². The van der Waals surface area contributed by atoms with Crippen LogP contribution in [0.4, 0.5) is 10.5 Å². The van der Waals surface area contributed by atoms with Crippen LogP contribution in [0.25, 0.3) is 0 Å². The summed E-state index contributed by atoms with van der Waals surface area (Å²) in [5.74, 6) is 0. The van der Waals surface area contributed by atoms with E-state index >= 15 is 0 Å². The Kier molecular flexibility index (Phi) is 5.94. The summed E-state index contributed by atoms with van der Waals surface area (Å²) >= 11 is 0. The van der Waals surface area contributed by atoms with Gasteiger partial charge in [-0.25, -0.2) is 4.79 Å². The molecule has 1 fully saturated rings. The molecule has 25 heavy (non-hydrogen) atoms. The molecule has 1 unspecified atom stereocenters. The van der Waals surface area contributed by atoms with Crippen molar-refractivity contribution in [3.63, 3.8) is 0 Å². The van der Waals surface area contributed by atoms with E-state index in [1.165, 1.54) is 11.3 Å². The smallest absolute Gasteiger partial charge is 0.317 e. The van der Waals surface area contributed by atoms with Crippen LogP contribution in [0.15, 0.2) is 60.7 Å². The number of carbonyl (C=O) groups excluding carboxylic acids is 1.